The first-order valence-corrected chi connectivity index (χ1v) is 4.60. The lowest BCUT2D eigenvalue weighted by Gasteiger charge is -2.08. The van der Waals surface area contributed by atoms with Crippen molar-refractivity contribution in [3.63, 3.8) is 0 Å². The van der Waals surface area contributed by atoms with E-state index < -0.39 is 0 Å². The molecule has 0 spiro atoms. The van der Waals surface area contributed by atoms with Crippen molar-refractivity contribution in [2.75, 3.05) is 0 Å². The van der Waals surface area contributed by atoms with Gasteiger partial charge in [-0.25, -0.2) is 0 Å². The Morgan fingerprint density at radius 1 is 1.33 bits per heavy atom. The fourth-order valence-corrected chi connectivity index (χ4v) is 1.25. The van der Waals surface area contributed by atoms with E-state index in [0.29, 0.717) is 0 Å². The predicted octanol–water partition coefficient (Wildman–Crippen LogP) is 3.85. The Hall–Kier alpha value is -0.740. The van der Waals surface area contributed by atoms with Crippen LogP contribution in [0.3, 0.4) is 0 Å². The van der Waals surface area contributed by atoms with Crippen LogP contribution in [0.15, 0.2) is 29.5 Å². The maximum absolute atomic E-state index is 3.97. The van der Waals surface area contributed by atoms with E-state index in [2.05, 4.69) is 39.2 Å². The van der Waals surface area contributed by atoms with Gasteiger partial charge in [0.1, 0.15) is 0 Å². The lowest BCUT2D eigenvalue weighted by atomic mass is 9.96. The summed E-state index contributed by atoms with van der Waals surface area (Å²) in [6, 6.07) is 0. The molecule has 66 valence electrons. The largest absolute Gasteiger partial charge is 0.125 e. The van der Waals surface area contributed by atoms with Crippen LogP contribution >= 0.6 is 0 Å². The minimum Gasteiger partial charge on any atom is -0.125 e. The topological polar surface area (TPSA) is 0 Å². The molecular formula is C12H18. The van der Waals surface area contributed by atoms with Crippen molar-refractivity contribution in [2.24, 2.45) is 5.41 Å². The van der Waals surface area contributed by atoms with Gasteiger partial charge in [-0.05, 0) is 36.3 Å². The minimum absolute atomic E-state index is 0.261. The second-order valence-electron chi connectivity index (χ2n) is 4.69. The SMILES string of the molecule is C=C1CCC(=C=CC(C)(C)C)C1. The summed E-state index contributed by atoms with van der Waals surface area (Å²) in [6.45, 7) is 10.6. The van der Waals surface area contributed by atoms with E-state index in [9.17, 15) is 0 Å². The van der Waals surface area contributed by atoms with E-state index in [0.717, 1.165) is 6.42 Å². The first-order valence-electron chi connectivity index (χ1n) is 4.60. The Balaban J connectivity index is 2.70. The Morgan fingerprint density at radius 2 is 2.00 bits per heavy atom. The van der Waals surface area contributed by atoms with Gasteiger partial charge >= 0.3 is 0 Å². The summed E-state index contributed by atoms with van der Waals surface area (Å²) in [4.78, 5) is 0. The van der Waals surface area contributed by atoms with Crippen LogP contribution in [0.1, 0.15) is 40.0 Å². The molecule has 0 saturated heterocycles. The molecule has 1 fully saturated rings. The van der Waals surface area contributed by atoms with Gasteiger partial charge in [0.05, 0.1) is 0 Å². The molecule has 0 heterocycles. The third kappa shape index (κ3) is 3.11. The standard InChI is InChI=1S/C12H18/c1-10-5-6-11(9-10)7-8-12(2,3)4/h8H,1,5-6,9H2,2-4H3. The van der Waals surface area contributed by atoms with Crippen LogP contribution < -0.4 is 0 Å². The third-order valence-corrected chi connectivity index (χ3v) is 1.95. The Bertz CT molecular complexity index is 242. The summed E-state index contributed by atoms with van der Waals surface area (Å²) in [6.07, 6.45) is 5.58. The summed E-state index contributed by atoms with van der Waals surface area (Å²) in [5.41, 5.74) is 6.43. The van der Waals surface area contributed by atoms with Crippen molar-refractivity contribution < 1.29 is 0 Å². The van der Waals surface area contributed by atoms with E-state index in [-0.39, 0.29) is 5.41 Å². The molecule has 1 saturated carbocycles. The fourth-order valence-electron chi connectivity index (χ4n) is 1.25. The van der Waals surface area contributed by atoms with Gasteiger partial charge in [0.25, 0.3) is 0 Å². The smallest absolute Gasteiger partial charge is 0.00348 e. The van der Waals surface area contributed by atoms with Gasteiger partial charge in [-0.1, -0.05) is 32.9 Å². The maximum atomic E-state index is 3.97. The minimum atomic E-state index is 0.261. The molecule has 0 amide bonds. The number of allylic oxidation sites excluding steroid dienone is 2. The maximum Gasteiger partial charge on any atom is -0.00348 e. The highest BCUT2D eigenvalue weighted by atomic mass is 14.1. The van der Waals surface area contributed by atoms with Gasteiger partial charge < -0.3 is 0 Å². The zero-order chi connectivity index (χ0) is 9.19. The molecule has 0 atom stereocenters. The van der Waals surface area contributed by atoms with Gasteiger partial charge in [0, 0.05) is 0 Å². The second kappa shape index (κ2) is 3.33. The molecule has 12 heavy (non-hydrogen) atoms. The van der Waals surface area contributed by atoms with Crippen LogP contribution in [0, 0.1) is 5.41 Å². The lowest BCUT2D eigenvalue weighted by molar-refractivity contribution is 0.544. The fraction of sp³-hybridized carbons (Fsp3) is 0.583. The molecule has 0 aromatic carbocycles. The van der Waals surface area contributed by atoms with Crippen molar-refractivity contribution in [2.45, 2.75) is 40.0 Å². The van der Waals surface area contributed by atoms with Crippen LogP contribution in [0.4, 0.5) is 0 Å². The van der Waals surface area contributed by atoms with Crippen molar-refractivity contribution in [1.82, 2.24) is 0 Å². The lowest BCUT2D eigenvalue weighted by Crippen LogP contribution is -1.97. The van der Waals surface area contributed by atoms with Crippen molar-refractivity contribution in [1.29, 1.82) is 0 Å². The molecule has 0 N–H and O–H groups in total. The molecule has 0 aromatic rings. The Kier molecular flexibility index (Phi) is 2.59. The van der Waals surface area contributed by atoms with Crippen molar-refractivity contribution in [3.05, 3.63) is 29.5 Å². The monoisotopic (exact) mass is 162 g/mol. The molecule has 0 aromatic heterocycles. The molecule has 1 rings (SSSR count). The van der Waals surface area contributed by atoms with E-state index in [4.69, 9.17) is 0 Å². The van der Waals surface area contributed by atoms with Gasteiger partial charge in [0.2, 0.25) is 0 Å². The van der Waals surface area contributed by atoms with Gasteiger partial charge in [-0.2, -0.15) is 0 Å². The van der Waals surface area contributed by atoms with E-state index in [1.165, 1.54) is 24.0 Å². The summed E-state index contributed by atoms with van der Waals surface area (Å²) >= 11 is 0. The van der Waals surface area contributed by atoms with Gasteiger partial charge in [-0.15, -0.1) is 5.73 Å². The first-order chi connectivity index (χ1) is 5.47. The highest BCUT2D eigenvalue weighted by Crippen LogP contribution is 2.27. The van der Waals surface area contributed by atoms with Crippen LogP contribution in [0.5, 0.6) is 0 Å². The molecule has 0 radical (unpaired) electrons. The van der Waals surface area contributed by atoms with Crippen LogP contribution in [0.2, 0.25) is 0 Å². The van der Waals surface area contributed by atoms with Crippen molar-refractivity contribution >= 4 is 0 Å². The van der Waals surface area contributed by atoms with E-state index >= 15 is 0 Å². The van der Waals surface area contributed by atoms with Crippen LogP contribution in [0.25, 0.3) is 0 Å². The number of hydrogen-bond donors (Lipinski definition) is 0. The first kappa shape index (κ1) is 9.35. The molecule has 0 aliphatic heterocycles. The average Bonchev–Trinajstić information content (AvgIpc) is 2.30. The molecule has 1 aliphatic carbocycles. The van der Waals surface area contributed by atoms with Gasteiger partial charge in [0.15, 0.2) is 0 Å². The number of rotatable bonds is 0. The molecule has 0 bridgehead atoms. The molecule has 0 unspecified atom stereocenters. The van der Waals surface area contributed by atoms with E-state index in [1.807, 2.05) is 0 Å². The zero-order valence-corrected chi connectivity index (χ0v) is 8.41. The molecule has 0 heteroatoms. The van der Waals surface area contributed by atoms with Crippen molar-refractivity contribution in [3.8, 4) is 0 Å². The quantitative estimate of drug-likeness (QED) is 0.375. The summed E-state index contributed by atoms with van der Waals surface area (Å²) in [7, 11) is 0. The molecule has 1 aliphatic rings. The highest BCUT2D eigenvalue weighted by molar-refractivity contribution is 5.20. The highest BCUT2D eigenvalue weighted by Gasteiger charge is 2.10. The molecular weight excluding hydrogens is 144 g/mol. The summed E-state index contributed by atoms with van der Waals surface area (Å²) in [5, 5.41) is 0. The second-order valence-corrected chi connectivity index (χ2v) is 4.69. The Labute approximate surface area is 75.7 Å². The van der Waals surface area contributed by atoms with Gasteiger partial charge in [-0.3, -0.25) is 0 Å². The normalized spacial score (nSPS) is 17.9. The van der Waals surface area contributed by atoms with Crippen LogP contribution in [-0.4, -0.2) is 0 Å². The van der Waals surface area contributed by atoms with E-state index in [1.54, 1.807) is 0 Å². The summed E-state index contributed by atoms with van der Waals surface area (Å²) < 4.78 is 0. The van der Waals surface area contributed by atoms with Crippen LogP contribution in [-0.2, 0) is 0 Å². The Morgan fingerprint density at radius 3 is 2.42 bits per heavy atom. The average molecular weight is 162 g/mol. The number of hydrogen-bond acceptors (Lipinski definition) is 0. The summed E-state index contributed by atoms with van der Waals surface area (Å²) in [5.74, 6) is 0. The predicted molar refractivity (Wildman–Crippen MR) is 54.0 cm³/mol. The molecule has 0 nitrogen and oxygen atoms in total. The third-order valence-electron chi connectivity index (χ3n) is 1.95. The zero-order valence-electron chi connectivity index (χ0n) is 8.41.